The Hall–Kier alpha value is -0.620. The van der Waals surface area contributed by atoms with Gasteiger partial charge in [-0.2, -0.15) is 0 Å². The van der Waals surface area contributed by atoms with Crippen molar-refractivity contribution in [1.82, 2.24) is 4.90 Å². The van der Waals surface area contributed by atoms with Crippen LogP contribution in [0.25, 0.3) is 0 Å². The molecular formula is C15H23BrClN3O. The quantitative estimate of drug-likeness (QED) is 0.851. The minimum absolute atomic E-state index is 0. The summed E-state index contributed by atoms with van der Waals surface area (Å²) in [4.78, 5) is 14.1. The Kier molecular flexibility index (Phi) is 6.23. The normalized spacial score (nSPS) is 23.1. The van der Waals surface area contributed by atoms with E-state index in [-0.39, 0.29) is 35.8 Å². The highest BCUT2D eigenvalue weighted by Gasteiger charge is 2.38. The van der Waals surface area contributed by atoms with Crippen LogP contribution in [-0.4, -0.2) is 29.9 Å². The fourth-order valence-corrected chi connectivity index (χ4v) is 3.10. The molecule has 1 aliphatic heterocycles. The summed E-state index contributed by atoms with van der Waals surface area (Å²) >= 11 is 3.41. The molecule has 0 spiro atoms. The highest BCUT2D eigenvalue weighted by atomic mass is 79.9. The van der Waals surface area contributed by atoms with Crippen molar-refractivity contribution in [2.75, 3.05) is 13.1 Å². The van der Waals surface area contributed by atoms with Gasteiger partial charge in [-0.25, -0.2) is 0 Å². The van der Waals surface area contributed by atoms with Gasteiger partial charge in [-0.3, -0.25) is 9.69 Å². The van der Waals surface area contributed by atoms with E-state index in [0.29, 0.717) is 0 Å². The average molecular weight is 377 g/mol. The summed E-state index contributed by atoms with van der Waals surface area (Å²) in [5.74, 6) is -0.307. The van der Waals surface area contributed by atoms with Gasteiger partial charge in [0.25, 0.3) is 0 Å². The number of amides is 1. The van der Waals surface area contributed by atoms with E-state index in [1.54, 1.807) is 0 Å². The molecule has 21 heavy (non-hydrogen) atoms. The molecule has 4 N–H and O–H groups in total. The van der Waals surface area contributed by atoms with Gasteiger partial charge in [-0.1, -0.05) is 41.9 Å². The van der Waals surface area contributed by atoms with Crippen LogP contribution in [0.3, 0.4) is 0 Å². The minimum atomic E-state index is -0.380. The van der Waals surface area contributed by atoms with Gasteiger partial charge in [0, 0.05) is 23.6 Å². The van der Waals surface area contributed by atoms with Gasteiger partial charge in [-0.05, 0) is 29.5 Å². The maximum absolute atomic E-state index is 11.9. The number of primary amides is 1. The summed E-state index contributed by atoms with van der Waals surface area (Å²) in [5.41, 5.74) is 12.7. The van der Waals surface area contributed by atoms with Gasteiger partial charge < -0.3 is 11.5 Å². The number of carbonyl (C=O) groups is 1. The average Bonchev–Trinajstić information content (AvgIpc) is 2.36. The summed E-state index contributed by atoms with van der Waals surface area (Å²) in [6.07, 6.45) is 0.882. The van der Waals surface area contributed by atoms with Gasteiger partial charge in [0.2, 0.25) is 5.91 Å². The number of benzene rings is 1. The Labute approximate surface area is 140 Å². The number of nitrogens with two attached hydrogens (primary N) is 2. The summed E-state index contributed by atoms with van der Waals surface area (Å²) in [6, 6.07) is 7.55. The molecule has 4 nitrogen and oxygen atoms in total. The van der Waals surface area contributed by atoms with Crippen molar-refractivity contribution in [1.29, 1.82) is 0 Å². The van der Waals surface area contributed by atoms with Crippen molar-refractivity contribution in [3.05, 3.63) is 34.3 Å². The van der Waals surface area contributed by atoms with Crippen molar-refractivity contribution in [3.8, 4) is 0 Å². The third-order valence-electron chi connectivity index (χ3n) is 4.16. The third-order valence-corrected chi connectivity index (χ3v) is 4.69. The van der Waals surface area contributed by atoms with E-state index in [2.05, 4.69) is 34.7 Å². The van der Waals surface area contributed by atoms with Gasteiger partial charge in [0.15, 0.2) is 0 Å². The van der Waals surface area contributed by atoms with Crippen molar-refractivity contribution < 1.29 is 4.79 Å². The van der Waals surface area contributed by atoms with Crippen molar-refractivity contribution in [2.24, 2.45) is 16.9 Å². The third kappa shape index (κ3) is 4.19. The van der Waals surface area contributed by atoms with E-state index in [1.165, 1.54) is 0 Å². The smallest absolute Gasteiger partial charge is 0.239 e. The van der Waals surface area contributed by atoms with Gasteiger partial charge in [-0.15, -0.1) is 12.4 Å². The number of hydrogen-bond donors (Lipinski definition) is 2. The molecule has 0 aliphatic carbocycles. The maximum Gasteiger partial charge on any atom is 0.239 e. The van der Waals surface area contributed by atoms with E-state index < -0.39 is 0 Å². The van der Waals surface area contributed by atoms with E-state index >= 15 is 0 Å². The lowest BCUT2D eigenvalue weighted by Gasteiger charge is -2.45. The lowest BCUT2D eigenvalue weighted by molar-refractivity contribution is -0.125. The Morgan fingerprint density at radius 2 is 1.95 bits per heavy atom. The van der Waals surface area contributed by atoms with E-state index in [0.717, 1.165) is 29.5 Å². The van der Waals surface area contributed by atoms with Crippen LogP contribution in [0.5, 0.6) is 0 Å². The SMILES string of the molecule is CC1(C)CN(C(C(N)=O)c2ccc(Br)cc2)CCC1N.Cl. The van der Waals surface area contributed by atoms with Crippen LogP contribution in [-0.2, 0) is 4.79 Å². The van der Waals surface area contributed by atoms with E-state index in [9.17, 15) is 4.79 Å². The van der Waals surface area contributed by atoms with Crippen molar-refractivity contribution in [3.63, 3.8) is 0 Å². The summed E-state index contributed by atoms with van der Waals surface area (Å²) in [6.45, 7) is 5.86. The molecule has 1 aromatic rings. The predicted octanol–water partition coefficient (Wildman–Crippen LogP) is 2.46. The Morgan fingerprint density at radius 1 is 1.38 bits per heavy atom. The van der Waals surface area contributed by atoms with Gasteiger partial charge in [0.1, 0.15) is 6.04 Å². The number of piperidine rings is 1. The fraction of sp³-hybridized carbons (Fsp3) is 0.533. The first-order chi connectivity index (χ1) is 9.31. The molecule has 0 aromatic heterocycles. The molecule has 2 atom stereocenters. The van der Waals surface area contributed by atoms with Crippen molar-refractivity contribution in [2.45, 2.75) is 32.4 Å². The highest BCUT2D eigenvalue weighted by molar-refractivity contribution is 9.10. The number of carbonyl (C=O) groups excluding carboxylic acids is 1. The van der Waals surface area contributed by atoms with Crippen LogP contribution in [0.2, 0.25) is 0 Å². The molecule has 1 fully saturated rings. The first kappa shape index (κ1) is 18.4. The molecule has 1 aromatic carbocycles. The second-order valence-corrected chi connectivity index (χ2v) is 7.13. The van der Waals surface area contributed by atoms with Crippen molar-refractivity contribution >= 4 is 34.2 Å². The number of likely N-dealkylation sites (tertiary alicyclic amines) is 1. The van der Waals surface area contributed by atoms with Crippen LogP contribution < -0.4 is 11.5 Å². The number of rotatable bonds is 3. The second-order valence-electron chi connectivity index (χ2n) is 6.21. The largest absolute Gasteiger partial charge is 0.368 e. The monoisotopic (exact) mass is 375 g/mol. The summed E-state index contributed by atoms with van der Waals surface area (Å²) in [7, 11) is 0. The second kappa shape index (κ2) is 7.09. The van der Waals surface area contributed by atoms with Crippen LogP contribution >= 0.6 is 28.3 Å². The number of nitrogens with zero attached hydrogens (tertiary/aromatic N) is 1. The lowest BCUT2D eigenvalue weighted by atomic mass is 9.79. The molecule has 1 aliphatic rings. The molecule has 1 saturated heterocycles. The Bertz CT molecular complexity index is 492. The van der Waals surface area contributed by atoms with E-state index in [1.807, 2.05) is 24.3 Å². The fourth-order valence-electron chi connectivity index (χ4n) is 2.84. The van der Waals surface area contributed by atoms with Crippen LogP contribution in [0, 0.1) is 5.41 Å². The molecule has 2 unspecified atom stereocenters. The number of halogens is 2. The van der Waals surface area contributed by atoms with Crippen LogP contribution in [0.15, 0.2) is 28.7 Å². The Balaban J connectivity index is 0.00000220. The molecule has 0 bridgehead atoms. The molecule has 0 saturated carbocycles. The van der Waals surface area contributed by atoms with E-state index in [4.69, 9.17) is 11.5 Å². The molecule has 0 radical (unpaired) electrons. The zero-order valence-corrected chi connectivity index (χ0v) is 14.8. The van der Waals surface area contributed by atoms with Gasteiger partial charge >= 0.3 is 0 Å². The molecule has 118 valence electrons. The highest BCUT2D eigenvalue weighted by Crippen LogP contribution is 2.33. The summed E-state index contributed by atoms with van der Waals surface area (Å²) < 4.78 is 0.991. The predicted molar refractivity (Wildman–Crippen MR) is 91.3 cm³/mol. The molecule has 2 rings (SSSR count). The maximum atomic E-state index is 11.9. The minimum Gasteiger partial charge on any atom is -0.368 e. The molecular weight excluding hydrogens is 354 g/mol. The summed E-state index contributed by atoms with van der Waals surface area (Å²) in [5, 5.41) is 0. The zero-order valence-electron chi connectivity index (χ0n) is 12.4. The number of hydrogen-bond acceptors (Lipinski definition) is 3. The Morgan fingerprint density at radius 3 is 2.43 bits per heavy atom. The standard InChI is InChI=1S/C15H22BrN3O.ClH/c1-15(2)9-19(8-7-12(15)17)13(14(18)20)10-3-5-11(16)6-4-10;/h3-6,12-13H,7-9,17H2,1-2H3,(H2,18,20);1H. The molecule has 1 amide bonds. The topological polar surface area (TPSA) is 72.3 Å². The first-order valence-corrected chi connectivity index (χ1v) is 7.65. The molecule has 6 heteroatoms. The zero-order chi connectivity index (χ0) is 14.9. The van der Waals surface area contributed by atoms with Gasteiger partial charge in [0.05, 0.1) is 0 Å². The first-order valence-electron chi connectivity index (χ1n) is 6.85. The lowest BCUT2D eigenvalue weighted by Crippen LogP contribution is -2.54. The van der Waals surface area contributed by atoms with Crippen LogP contribution in [0.4, 0.5) is 0 Å². The van der Waals surface area contributed by atoms with Crippen LogP contribution in [0.1, 0.15) is 31.9 Å². The molecule has 1 heterocycles.